The molecule has 6 nitrogen and oxygen atoms in total. The number of sulfonamides is 1. The van der Waals surface area contributed by atoms with E-state index in [1.165, 1.54) is 4.31 Å². The maximum atomic E-state index is 11.4. The zero-order chi connectivity index (χ0) is 10.8. The summed E-state index contributed by atoms with van der Waals surface area (Å²) in [5.74, 6) is -2.11. The average molecular weight is 222 g/mol. The van der Waals surface area contributed by atoms with Gasteiger partial charge in [-0.2, -0.15) is 4.31 Å². The molecule has 1 aliphatic rings. The van der Waals surface area contributed by atoms with Gasteiger partial charge in [-0.1, -0.05) is 0 Å². The second-order valence-electron chi connectivity index (χ2n) is 3.35. The number of rotatable bonds is 3. The van der Waals surface area contributed by atoms with Crippen molar-refractivity contribution in [2.24, 2.45) is 0 Å². The van der Waals surface area contributed by atoms with Crippen molar-refractivity contribution in [3.05, 3.63) is 0 Å². The Kier molecular flexibility index (Phi) is 3.46. The molecule has 14 heavy (non-hydrogen) atoms. The molecule has 0 unspecified atom stereocenters. The summed E-state index contributed by atoms with van der Waals surface area (Å²) in [6.07, 6.45) is 0. The first-order valence-corrected chi connectivity index (χ1v) is 5.91. The summed E-state index contributed by atoms with van der Waals surface area (Å²) in [6.45, 7) is 2.07. The Morgan fingerprint density at radius 2 is 1.79 bits per heavy atom. The van der Waals surface area contributed by atoms with E-state index < -0.39 is 21.7 Å². The van der Waals surface area contributed by atoms with E-state index in [-0.39, 0.29) is 0 Å². The van der Waals surface area contributed by atoms with Crippen LogP contribution in [0.3, 0.4) is 0 Å². The first kappa shape index (κ1) is 11.4. The van der Waals surface area contributed by atoms with E-state index in [2.05, 4.69) is 0 Å². The van der Waals surface area contributed by atoms with E-state index in [4.69, 9.17) is 5.11 Å². The molecule has 0 aromatic heterocycles. The van der Waals surface area contributed by atoms with Gasteiger partial charge in [0.05, 0.1) is 0 Å². The predicted octanol–water partition coefficient (Wildman–Crippen LogP) is -1.35. The number of nitrogens with zero attached hydrogens (tertiary/aromatic N) is 2. The van der Waals surface area contributed by atoms with Crippen LogP contribution >= 0.6 is 0 Å². The first-order chi connectivity index (χ1) is 6.42. The second kappa shape index (κ2) is 4.24. The zero-order valence-corrected chi connectivity index (χ0v) is 8.83. The molecule has 1 aliphatic heterocycles. The van der Waals surface area contributed by atoms with E-state index in [0.29, 0.717) is 26.2 Å². The average Bonchev–Trinajstić information content (AvgIpc) is 2.02. The summed E-state index contributed by atoms with van der Waals surface area (Å²) in [5.41, 5.74) is 0. The van der Waals surface area contributed by atoms with Crippen molar-refractivity contribution in [3.63, 3.8) is 0 Å². The van der Waals surface area contributed by atoms with Gasteiger partial charge in [-0.25, -0.2) is 8.42 Å². The van der Waals surface area contributed by atoms with E-state index >= 15 is 0 Å². The fourth-order valence-electron chi connectivity index (χ4n) is 1.31. The lowest BCUT2D eigenvalue weighted by atomic mass is 10.4. The third-order valence-corrected chi connectivity index (χ3v) is 3.93. The van der Waals surface area contributed by atoms with Crippen molar-refractivity contribution in [1.29, 1.82) is 0 Å². The molecule has 82 valence electrons. The lowest BCUT2D eigenvalue weighted by molar-refractivity contribution is -0.134. The minimum Gasteiger partial charge on any atom is -0.480 e. The monoisotopic (exact) mass is 222 g/mol. The van der Waals surface area contributed by atoms with Gasteiger partial charge in [-0.15, -0.1) is 0 Å². The van der Waals surface area contributed by atoms with Gasteiger partial charge >= 0.3 is 5.97 Å². The van der Waals surface area contributed by atoms with E-state index in [9.17, 15) is 13.2 Å². The minimum atomic E-state index is -3.60. The van der Waals surface area contributed by atoms with Crippen LogP contribution in [0.15, 0.2) is 0 Å². The number of likely N-dealkylation sites (N-methyl/N-ethyl adjacent to an activating group) is 1. The number of hydrogen-bond donors (Lipinski definition) is 1. The molecule has 1 rings (SSSR count). The van der Waals surface area contributed by atoms with Crippen LogP contribution in [0, 0.1) is 0 Å². The van der Waals surface area contributed by atoms with Crippen LogP contribution in [0.25, 0.3) is 0 Å². The van der Waals surface area contributed by atoms with Gasteiger partial charge in [0, 0.05) is 26.2 Å². The van der Waals surface area contributed by atoms with Crippen LogP contribution in [-0.2, 0) is 14.8 Å². The fraction of sp³-hybridized carbons (Fsp3) is 0.857. The zero-order valence-electron chi connectivity index (χ0n) is 8.01. The van der Waals surface area contributed by atoms with Crippen LogP contribution < -0.4 is 0 Å². The Morgan fingerprint density at radius 1 is 1.29 bits per heavy atom. The third kappa shape index (κ3) is 2.93. The highest BCUT2D eigenvalue weighted by Crippen LogP contribution is 2.06. The topological polar surface area (TPSA) is 77.9 Å². The predicted molar refractivity (Wildman–Crippen MR) is 50.5 cm³/mol. The van der Waals surface area contributed by atoms with Crippen molar-refractivity contribution in [2.45, 2.75) is 0 Å². The van der Waals surface area contributed by atoms with Crippen molar-refractivity contribution >= 4 is 16.0 Å². The standard InChI is InChI=1S/C7H14N2O4S/c1-8-2-4-9(5-3-8)14(12,13)6-7(10)11/h2-6H2,1H3,(H,10,11). The third-order valence-electron chi connectivity index (χ3n) is 2.16. The molecule has 1 heterocycles. The van der Waals surface area contributed by atoms with Gasteiger partial charge in [-0.3, -0.25) is 4.79 Å². The molecule has 0 atom stereocenters. The van der Waals surface area contributed by atoms with E-state index in [0.717, 1.165) is 0 Å². The highest BCUT2D eigenvalue weighted by molar-refractivity contribution is 7.89. The molecular weight excluding hydrogens is 208 g/mol. The van der Waals surface area contributed by atoms with Gasteiger partial charge < -0.3 is 10.0 Å². The van der Waals surface area contributed by atoms with Gasteiger partial charge in [0.15, 0.2) is 5.75 Å². The largest absolute Gasteiger partial charge is 0.480 e. The van der Waals surface area contributed by atoms with Crippen molar-refractivity contribution < 1.29 is 18.3 Å². The van der Waals surface area contributed by atoms with Crippen LogP contribution in [0.4, 0.5) is 0 Å². The molecular formula is C7H14N2O4S. The highest BCUT2D eigenvalue weighted by atomic mass is 32.2. The summed E-state index contributed by atoms with van der Waals surface area (Å²) in [4.78, 5) is 12.3. The van der Waals surface area contributed by atoms with Crippen molar-refractivity contribution in [2.75, 3.05) is 39.0 Å². The Morgan fingerprint density at radius 3 is 2.21 bits per heavy atom. The SMILES string of the molecule is CN1CCN(S(=O)(=O)CC(=O)O)CC1. The van der Waals surface area contributed by atoms with Gasteiger partial charge in [-0.05, 0) is 7.05 Å². The number of carboxylic acid groups (broad SMARTS) is 1. The maximum absolute atomic E-state index is 11.4. The molecule has 0 aliphatic carbocycles. The smallest absolute Gasteiger partial charge is 0.320 e. The Bertz CT molecular complexity index is 306. The van der Waals surface area contributed by atoms with Crippen molar-refractivity contribution in [3.8, 4) is 0 Å². The number of carboxylic acids is 1. The molecule has 1 fully saturated rings. The summed E-state index contributed by atoms with van der Waals surface area (Å²) < 4.78 is 24.1. The molecule has 0 aromatic carbocycles. The number of hydrogen-bond acceptors (Lipinski definition) is 4. The van der Waals surface area contributed by atoms with Crippen LogP contribution in [0.2, 0.25) is 0 Å². The molecule has 0 spiro atoms. The molecule has 1 saturated heterocycles. The number of carbonyl (C=O) groups is 1. The minimum absolute atomic E-state index is 0.381. The van der Waals surface area contributed by atoms with Crippen LogP contribution in [0.1, 0.15) is 0 Å². The highest BCUT2D eigenvalue weighted by Gasteiger charge is 2.27. The van der Waals surface area contributed by atoms with Crippen LogP contribution in [0.5, 0.6) is 0 Å². The van der Waals surface area contributed by atoms with Crippen LogP contribution in [-0.4, -0.2) is 67.7 Å². The lowest BCUT2D eigenvalue weighted by Crippen LogP contribution is -2.48. The maximum Gasteiger partial charge on any atom is 0.320 e. The Labute approximate surface area is 83.2 Å². The summed E-state index contributed by atoms with van der Waals surface area (Å²) >= 11 is 0. The Balaban J connectivity index is 2.60. The Hall–Kier alpha value is -0.660. The first-order valence-electron chi connectivity index (χ1n) is 4.30. The quantitative estimate of drug-likeness (QED) is 0.638. The van der Waals surface area contributed by atoms with Crippen molar-refractivity contribution in [1.82, 2.24) is 9.21 Å². The molecule has 0 radical (unpaired) electrons. The van der Waals surface area contributed by atoms with E-state index in [1.54, 1.807) is 0 Å². The number of aliphatic carboxylic acids is 1. The normalized spacial score (nSPS) is 20.9. The molecule has 7 heteroatoms. The van der Waals surface area contributed by atoms with Gasteiger partial charge in [0.2, 0.25) is 10.0 Å². The second-order valence-corrected chi connectivity index (χ2v) is 5.32. The molecule has 0 bridgehead atoms. The number of piperazine rings is 1. The van der Waals surface area contributed by atoms with Gasteiger partial charge in [0.25, 0.3) is 0 Å². The lowest BCUT2D eigenvalue weighted by Gasteiger charge is -2.31. The molecule has 0 saturated carbocycles. The van der Waals surface area contributed by atoms with Gasteiger partial charge in [0.1, 0.15) is 0 Å². The fourth-order valence-corrected chi connectivity index (χ4v) is 2.53. The summed E-state index contributed by atoms with van der Waals surface area (Å²) in [5, 5.41) is 8.42. The summed E-state index contributed by atoms with van der Waals surface area (Å²) in [7, 11) is -1.69. The summed E-state index contributed by atoms with van der Waals surface area (Å²) in [6, 6.07) is 0. The molecule has 1 N–H and O–H groups in total. The molecule has 0 aromatic rings. The van der Waals surface area contributed by atoms with E-state index in [1.807, 2.05) is 11.9 Å². The molecule has 0 amide bonds.